The van der Waals surface area contributed by atoms with Crippen LogP contribution in [0.5, 0.6) is 0 Å². The number of hydrogen-bond donors (Lipinski definition) is 0. The molecule has 116 valence electrons. The molecule has 3 aromatic rings. The zero-order valence-electron chi connectivity index (χ0n) is 13.5. The van der Waals surface area contributed by atoms with Crippen molar-refractivity contribution in [2.75, 3.05) is 0 Å². The van der Waals surface area contributed by atoms with Gasteiger partial charge in [0.25, 0.3) is 0 Å². The number of aryl methyl sites for hydroxylation is 1. The van der Waals surface area contributed by atoms with Crippen LogP contribution in [0.3, 0.4) is 0 Å². The van der Waals surface area contributed by atoms with Gasteiger partial charge in [-0.15, -0.1) is 6.58 Å². The first kappa shape index (κ1) is 15.3. The summed E-state index contributed by atoms with van der Waals surface area (Å²) in [7, 11) is 0. The predicted molar refractivity (Wildman–Crippen MR) is 96.4 cm³/mol. The Kier molecular flexibility index (Phi) is 4.72. The van der Waals surface area contributed by atoms with Gasteiger partial charge < -0.3 is 4.57 Å². The summed E-state index contributed by atoms with van der Waals surface area (Å²) in [5, 5.41) is 0. The fourth-order valence-electron chi connectivity index (χ4n) is 2.90. The molecule has 0 aliphatic rings. The summed E-state index contributed by atoms with van der Waals surface area (Å²) in [6.45, 7) is 6.95. The van der Waals surface area contributed by atoms with E-state index in [0.29, 0.717) is 5.92 Å². The van der Waals surface area contributed by atoms with Crippen LogP contribution >= 0.6 is 0 Å². The van der Waals surface area contributed by atoms with Gasteiger partial charge in [0.15, 0.2) is 0 Å². The quantitative estimate of drug-likeness (QED) is 0.571. The Morgan fingerprint density at radius 1 is 1.09 bits per heavy atom. The molecule has 2 aromatic carbocycles. The van der Waals surface area contributed by atoms with E-state index in [1.807, 2.05) is 18.3 Å². The maximum Gasteiger partial charge on any atom is 0.139 e. The molecule has 0 aliphatic heterocycles. The van der Waals surface area contributed by atoms with E-state index >= 15 is 0 Å². The Morgan fingerprint density at radius 2 is 1.83 bits per heavy atom. The van der Waals surface area contributed by atoms with Crippen molar-refractivity contribution in [1.82, 2.24) is 9.55 Å². The molecule has 1 aromatic heterocycles. The van der Waals surface area contributed by atoms with Crippen molar-refractivity contribution >= 4 is 0 Å². The van der Waals surface area contributed by atoms with E-state index in [0.717, 1.165) is 24.4 Å². The molecule has 0 N–H and O–H groups in total. The van der Waals surface area contributed by atoms with E-state index in [2.05, 4.69) is 77.8 Å². The van der Waals surface area contributed by atoms with Crippen LogP contribution in [0.25, 0.3) is 11.4 Å². The Balaban J connectivity index is 1.88. The Hall–Kier alpha value is -2.61. The SMILES string of the molecule is C=CC[C@H](Cn1ccnc1-c1ccccc1)c1ccc(C)cc1. The molecular formula is C21H22N2. The lowest BCUT2D eigenvalue weighted by atomic mass is 9.94. The lowest BCUT2D eigenvalue weighted by Crippen LogP contribution is -2.09. The maximum absolute atomic E-state index is 4.54. The van der Waals surface area contributed by atoms with E-state index in [1.54, 1.807) is 0 Å². The van der Waals surface area contributed by atoms with Crippen molar-refractivity contribution in [3.8, 4) is 11.4 Å². The molecule has 0 saturated carbocycles. The molecule has 0 radical (unpaired) electrons. The van der Waals surface area contributed by atoms with E-state index in [1.165, 1.54) is 11.1 Å². The molecule has 0 unspecified atom stereocenters. The Morgan fingerprint density at radius 3 is 2.52 bits per heavy atom. The molecule has 0 saturated heterocycles. The highest BCUT2D eigenvalue weighted by atomic mass is 15.1. The minimum atomic E-state index is 0.407. The molecule has 0 amide bonds. The molecule has 1 heterocycles. The molecule has 2 heteroatoms. The number of benzene rings is 2. The molecule has 3 rings (SSSR count). The van der Waals surface area contributed by atoms with Crippen LogP contribution in [0.2, 0.25) is 0 Å². The van der Waals surface area contributed by atoms with Crippen molar-refractivity contribution in [3.63, 3.8) is 0 Å². The van der Waals surface area contributed by atoms with Crippen LogP contribution in [0.1, 0.15) is 23.5 Å². The summed E-state index contributed by atoms with van der Waals surface area (Å²) in [6.07, 6.45) is 6.90. The van der Waals surface area contributed by atoms with Gasteiger partial charge in [-0.05, 0) is 18.9 Å². The highest BCUT2D eigenvalue weighted by molar-refractivity contribution is 5.55. The summed E-state index contributed by atoms with van der Waals surface area (Å²) in [6, 6.07) is 19.1. The van der Waals surface area contributed by atoms with Crippen LogP contribution in [-0.4, -0.2) is 9.55 Å². The average molecular weight is 302 g/mol. The number of hydrogen-bond acceptors (Lipinski definition) is 1. The summed E-state index contributed by atoms with van der Waals surface area (Å²) in [5.74, 6) is 1.43. The normalized spacial score (nSPS) is 12.0. The standard InChI is InChI=1S/C21H22N2/c1-3-7-20(18-12-10-17(2)11-13-18)16-23-15-14-22-21(23)19-8-5-4-6-9-19/h3-6,8-15,20H,1,7,16H2,2H3/t20-/m1/s1. The van der Waals surface area contributed by atoms with Crippen LogP contribution in [0.4, 0.5) is 0 Å². The van der Waals surface area contributed by atoms with Gasteiger partial charge in [0.2, 0.25) is 0 Å². The van der Waals surface area contributed by atoms with Crippen LogP contribution in [-0.2, 0) is 6.54 Å². The number of allylic oxidation sites excluding steroid dienone is 1. The fourth-order valence-corrected chi connectivity index (χ4v) is 2.90. The highest BCUT2D eigenvalue weighted by Gasteiger charge is 2.14. The van der Waals surface area contributed by atoms with Gasteiger partial charge in [-0.2, -0.15) is 0 Å². The van der Waals surface area contributed by atoms with Gasteiger partial charge in [0.1, 0.15) is 5.82 Å². The number of imidazole rings is 1. The molecule has 0 fully saturated rings. The summed E-state index contributed by atoms with van der Waals surface area (Å²) >= 11 is 0. The second-order valence-electron chi connectivity index (χ2n) is 5.90. The monoisotopic (exact) mass is 302 g/mol. The molecule has 0 bridgehead atoms. The van der Waals surface area contributed by atoms with Crippen LogP contribution < -0.4 is 0 Å². The first-order chi connectivity index (χ1) is 11.3. The van der Waals surface area contributed by atoms with Crippen LogP contribution in [0.15, 0.2) is 79.6 Å². The lowest BCUT2D eigenvalue weighted by molar-refractivity contribution is 0.568. The van der Waals surface area contributed by atoms with Gasteiger partial charge in [0, 0.05) is 30.4 Å². The van der Waals surface area contributed by atoms with Crippen molar-refractivity contribution in [2.45, 2.75) is 25.8 Å². The number of nitrogens with zero attached hydrogens (tertiary/aromatic N) is 2. The molecular weight excluding hydrogens is 280 g/mol. The first-order valence-corrected chi connectivity index (χ1v) is 8.02. The average Bonchev–Trinajstić information content (AvgIpc) is 3.04. The van der Waals surface area contributed by atoms with E-state index in [9.17, 15) is 0 Å². The van der Waals surface area contributed by atoms with E-state index in [4.69, 9.17) is 0 Å². The topological polar surface area (TPSA) is 17.8 Å². The maximum atomic E-state index is 4.54. The third-order valence-electron chi connectivity index (χ3n) is 4.16. The van der Waals surface area contributed by atoms with E-state index in [-0.39, 0.29) is 0 Å². The summed E-state index contributed by atoms with van der Waals surface area (Å²) < 4.78 is 2.24. The summed E-state index contributed by atoms with van der Waals surface area (Å²) in [4.78, 5) is 4.54. The van der Waals surface area contributed by atoms with Gasteiger partial charge in [-0.3, -0.25) is 0 Å². The van der Waals surface area contributed by atoms with Crippen molar-refractivity contribution in [1.29, 1.82) is 0 Å². The largest absolute Gasteiger partial charge is 0.330 e. The highest BCUT2D eigenvalue weighted by Crippen LogP contribution is 2.25. The molecule has 1 atom stereocenters. The molecule has 23 heavy (non-hydrogen) atoms. The third-order valence-corrected chi connectivity index (χ3v) is 4.16. The second kappa shape index (κ2) is 7.10. The zero-order valence-corrected chi connectivity index (χ0v) is 13.5. The lowest BCUT2D eigenvalue weighted by Gasteiger charge is -2.18. The van der Waals surface area contributed by atoms with Crippen LogP contribution in [0, 0.1) is 6.92 Å². The van der Waals surface area contributed by atoms with Crippen molar-refractivity contribution < 1.29 is 0 Å². The predicted octanol–water partition coefficient (Wildman–Crippen LogP) is 5.22. The van der Waals surface area contributed by atoms with Gasteiger partial charge in [-0.1, -0.05) is 66.2 Å². The minimum absolute atomic E-state index is 0.407. The minimum Gasteiger partial charge on any atom is -0.330 e. The number of aromatic nitrogens is 2. The van der Waals surface area contributed by atoms with Crippen molar-refractivity contribution in [2.24, 2.45) is 0 Å². The fraction of sp³-hybridized carbons (Fsp3) is 0.190. The second-order valence-corrected chi connectivity index (χ2v) is 5.90. The van der Waals surface area contributed by atoms with Gasteiger partial charge >= 0.3 is 0 Å². The molecule has 2 nitrogen and oxygen atoms in total. The smallest absolute Gasteiger partial charge is 0.139 e. The van der Waals surface area contributed by atoms with Gasteiger partial charge in [0.05, 0.1) is 0 Å². The zero-order chi connectivity index (χ0) is 16.1. The van der Waals surface area contributed by atoms with E-state index < -0.39 is 0 Å². The third kappa shape index (κ3) is 3.59. The number of rotatable bonds is 6. The molecule has 0 aliphatic carbocycles. The first-order valence-electron chi connectivity index (χ1n) is 8.02. The van der Waals surface area contributed by atoms with Gasteiger partial charge in [-0.25, -0.2) is 4.98 Å². The Labute approximate surface area is 138 Å². The Bertz CT molecular complexity index is 754. The molecule has 0 spiro atoms. The summed E-state index contributed by atoms with van der Waals surface area (Å²) in [5.41, 5.74) is 3.79. The van der Waals surface area contributed by atoms with Crippen molar-refractivity contribution in [3.05, 3.63) is 90.8 Å².